The van der Waals surface area contributed by atoms with Crippen molar-refractivity contribution in [1.82, 2.24) is 0 Å². The number of rotatable bonds is 4. The highest BCUT2D eigenvalue weighted by molar-refractivity contribution is 9.12. The van der Waals surface area contributed by atoms with Gasteiger partial charge in [0.25, 0.3) is 0 Å². The van der Waals surface area contributed by atoms with Gasteiger partial charge in [-0.05, 0) is 63.1 Å². The van der Waals surface area contributed by atoms with Gasteiger partial charge in [0.2, 0.25) is 0 Å². The molecule has 1 aliphatic rings. The first-order valence-corrected chi connectivity index (χ1v) is 8.84. The van der Waals surface area contributed by atoms with E-state index >= 15 is 0 Å². The molecule has 0 aromatic carbocycles. The molecule has 1 aromatic heterocycles. The van der Waals surface area contributed by atoms with E-state index in [4.69, 9.17) is 0 Å². The maximum atomic E-state index is 12.9. The molecular weight excluding hydrogens is 376 g/mol. The molecule has 1 heterocycles. The first-order chi connectivity index (χ1) is 8.44. The highest BCUT2D eigenvalue weighted by atomic mass is 79.9. The van der Waals surface area contributed by atoms with Gasteiger partial charge in [-0.1, -0.05) is 26.7 Å². The van der Waals surface area contributed by atoms with E-state index in [0.29, 0.717) is 11.7 Å². The first kappa shape index (κ1) is 14.7. The van der Waals surface area contributed by atoms with Gasteiger partial charge in [0.05, 0.1) is 7.57 Å². The minimum absolute atomic E-state index is 0.100. The maximum Gasteiger partial charge on any atom is 0.171 e. The zero-order valence-electron chi connectivity index (χ0n) is 10.8. The average molecular weight is 394 g/mol. The van der Waals surface area contributed by atoms with Gasteiger partial charge >= 0.3 is 0 Å². The molecule has 1 saturated carbocycles. The van der Waals surface area contributed by atoms with Crippen molar-refractivity contribution in [2.24, 2.45) is 11.3 Å². The summed E-state index contributed by atoms with van der Waals surface area (Å²) in [4.78, 5) is 12.9. The third-order valence-electron chi connectivity index (χ3n) is 3.74. The van der Waals surface area contributed by atoms with Crippen molar-refractivity contribution < 1.29 is 4.79 Å². The molecule has 2 rings (SSSR count). The lowest BCUT2D eigenvalue weighted by Crippen LogP contribution is -2.29. The molecule has 0 bridgehead atoms. The summed E-state index contributed by atoms with van der Waals surface area (Å²) in [7, 11) is 0. The molecule has 4 heteroatoms. The van der Waals surface area contributed by atoms with E-state index in [-0.39, 0.29) is 5.41 Å². The second kappa shape index (κ2) is 5.76. The van der Waals surface area contributed by atoms with E-state index in [9.17, 15) is 4.79 Å². The van der Waals surface area contributed by atoms with Crippen molar-refractivity contribution in [3.05, 3.63) is 19.2 Å². The van der Waals surface area contributed by atoms with Gasteiger partial charge in [-0.2, -0.15) is 0 Å². The van der Waals surface area contributed by atoms with Crippen LogP contribution in [0.1, 0.15) is 56.3 Å². The lowest BCUT2D eigenvalue weighted by molar-refractivity contribution is 0.0759. The summed E-state index contributed by atoms with van der Waals surface area (Å²) in [5.74, 6) is 0.926. The number of ketones is 1. The molecule has 1 fully saturated rings. The lowest BCUT2D eigenvalue weighted by Gasteiger charge is -2.29. The van der Waals surface area contributed by atoms with Crippen LogP contribution in [0.2, 0.25) is 0 Å². The molecule has 100 valence electrons. The Morgan fingerprint density at radius 3 is 2.44 bits per heavy atom. The fraction of sp³-hybridized carbons (Fsp3) is 0.643. The molecule has 1 aliphatic carbocycles. The molecule has 1 nitrogen and oxygen atoms in total. The predicted octanol–water partition coefficient (Wildman–Crippen LogP) is 6.06. The molecule has 0 unspecified atom stereocenters. The Morgan fingerprint density at radius 2 is 2.00 bits per heavy atom. The zero-order valence-corrected chi connectivity index (χ0v) is 14.8. The number of halogens is 2. The summed E-state index contributed by atoms with van der Waals surface area (Å²) in [6, 6.07) is 1.97. The number of hydrogen-bond donors (Lipinski definition) is 0. The highest BCUT2D eigenvalue weighted by Crippen LogP contribution is 2.47. The monoisotopic (exact) mass is 392 g/mol. The molecular formula is C14H18Br2OS. The smallest absolute Gasteiger partial charge is 0.171 e. The molecule has 0 atom stereocenters. The van der Waals surface area contributed by atoms with Crippen molar-refractivity contribution in [3.63, 3.8) is 0 Å². The van der Waals surface area contributed by atoms with Crippen LogP contribution < -0.4 is 0 Å². The Bertz CT molecular complexity index is 445. The molecule has 0 aliphatic heterocycles. The average Bonchev–Trinajstić information content (AvgIpc) is 2.84. The first-order valence-electron chi connectivity index (χ1n) is 6.44. The summed E-state index contributed by atoms with van der Waals surface area (Å²) in [6.45, 7) is 4.43. The van der Waals surface area contributed by atoms with Crippen LogP contribution in [-0.4, -0.2) is 5.78 Å². The number of Topliss-reactive ketones (excluding diaryl/α,β-unsaturated/α-hetero) is 1. The van der Waals surface area contributed by atoms with E-state index in [1.807, 2.05) is 6.07 Å². The van der Waals surface area contributed by atoms with Crippen LogP contribution in [0.4, 0.5) is 0 Å². The lowest BCUT2D eigenvalue weighted by atomic mass is 9.73. The van der Waals surface area contributed by atoms with E-state index in [0.717, 1.165) is 32.4 Å². The SMILES string of the molecule is CC(C)CC1(C(=O)c2cc(Br)sc2Br)CCCC1. The zero-order chi connectivity index (χ0) is 13.3. The predicted molar refractivity (Wildman–Crippen MR) is 84.4 cm³/mol. The van der Waals surface area contributed by atoms with Crippen LogP contribution in [0.5, 0.6) is 0 Å². The number of hydrogen-bond acceptors (Lipinski definition) is 2. The Morgan fingerprint density at radius 1 is 1.39 bits per heavy atom. The van der Waals surface area contributed by atoms with Crippen molar-refractivity contribution in [3.8, 4) is 0 Å². The normalized spacial score (nSPS) is 18.5. The second-order valence-corrected chi connectivity index (χ2v) is 9.40. The Balaban J connectivity index is 2.31. The van der Waals surface area contributed by atoms with Gasteiger partial charge in [-0.25, -0.2) is 0 Å². The minimum Gasteiger partial charge on any atom is -0.293 e. The Labute approximate surface area is 130 Å². The number of thiophene rings is 1. The fourth-order valence-electron chi connectivity index (χ4n) is 3.14. The van der Waals surface area contributed by atoms with Gasteiger partial charge in [-0.3, -0.25) is 4.79 Å². The summed E-state index contributed by atoms with van der Waals surface area (Å²) in [6.07, 6.45) is 5.53. The summed E-state index contributed by atoms with van der Waals surface area (Å²) >= 11 is 8.57. The summed E-state index contributed by atoms with van der Waals surface area (Å²) < 4.78 is 1.99. The summed E-state index contributed by atoms with van der Waals surface area (Å²) in [5.41, 5.74) is 0.770. The van der Waals surface area contributed by atoms with Crippen LogP contribution in [0.3, 0.4) is 0 Å². The van der Waals surface area contributed by atoms with Crippen LogP contribution >= 0.6 is 43.2 Å². The van der Waals surface area contributed by atoms with Crippen LogP contribution in [0.25, 0.3) is 0 Å². The molecule has 0 N–H and O–H groups in total. The third kappa shape index (κ3) is 2.91. The van der Waals surface area contributed by atoms with E-state index < -0.39 is 0 Å². The molecule has 0 spiro atoms. The maximum absolute atomic E-state index is 12.9. The van der Waals surface area contributed by atoms with Crippen LogP contribution in [-0.2, 0) is 0 Å². The van der Waals surface area contributed by atoms with E-state index in [1.54, 1.807) is 11.3 Å². The van der Waals surface area contributed by atoms with Gasteiger partial charge in [0.1, 0.15) is 0 Å². The van der Waals surface area contributed by atoms with Gasteiger partial charge < -0.3 is 0 Å². The quantitative estimate of drug-likeness (QED) is 0.568. The molecule has 18 heavy (non-hydrogen) atoms. The van der Waals surface area contributed by atoms with E-state index in [2.05, 4.69) is 45.7 Å². The van der Waals surface area contributed by atoms with Gasteiger partial charge in [0.15, 0.2) is 5.78 Å². The number of carbonyl (C=O) groups excluding carboxylic acids is 1. The third-order valence-corrected chi connectivity index (χ3v) is 6.08. The van der Waals surface area contributed by atoms with Gasteiger partial charge in [-0.15, -0.1) is 11.3 Å². The van der Waals surface area contributed by atoms with E-state index in [1.165, 1.54) is 12.8 Å². The van der Waals surface area contributed by atoms with Crippen molar-refractivity contribution in [1.29, 1.82) is 0 Å². The summed E-state index contributed by atoms with van der Waals surface area (Å²) in [5, 5.41) is 0. The standard InChI is InChI=1S/C14H18Br2OS/c1-9(2)8-14(5-3-4-6-14)12(17)10-7-11(15)18-13(10)16/h7,9H,3-6,8H2,1-2H3. The number of carbonyl (C=O) groups is 1. The molecule has 0 radical (unpaired) electrons. The second-order valence-electron chi connectivity index (χ2n) is 5.65. The Hall–Kier alpha value is 0.330. The van der Waals surface area contributed by atoms with Gasteiger partial charge in [0, 0.05) is 11.0 Å². The minimum atomic E-state index is -0.100. The largest absolute Gasteiger partial charge is 0.293 e. The molecule has 0 saturated heterocycles. The highest BCUT2D eigenvalue weighted by Gasteiger charge is 2.42. The topological polar surface area (TPSA) is 17.1 Å². The van der Waals surface area contributed by atoms with Crippen molar-refractivity contribution in [2.45, 2.75) is 46.0 Å². The molecule has 1 aromatic rings. The Kier molecular flexibility index (Phi) is 4.71. The fourth-order valence-corrected chi connectivity index (χ4v) is 5.93. The van der Waals surface area contributed by atoms with Crippen molar-refractivity contribution >= 4 is 49.0 Å². The molecule has 0 amide bonds. The van der Waals surface area contributed by atoms with Crippen LogP contribution in [0, 0.1) is 11.3 Å². The van der Waals surface area contributed by atoms with Crippen LogP contribution in [0.15, 0.2) is 13.6 Å². The van der Waals surface area contributed by atoms with Crippen molar-refractivity contribution in [2.75, 3.05) is 0 Å².